The summed E-state index contributed by atoms with van der Waals surface area (Å²) >= 11 is 0. The number of phosphoric acid groups is 1. The van der Waals surface area contributed by atoms with Crippen molar-refractivity contribution in [1.29, 1.82) is 0 Å². The van der Waals surface area contributed by atoms with Crippen LogP contribution in [-0.4, -0.2) is 23.1 Å². The summed E-state index contributed by atoms with van der Waals surface area (Å²) in [5.74, 6) is 0. The molecule has 0 heterocycles. The molecule has 0 aliphatic heterocycles. The summed E-state index contributed by atoms with van der Waals surface area (Å²) in [6.45, 7) is 0. The molecule has 0 bridgehead atoms. The molecule has 0 aromatic rings. The van der Waals surface area contributed by atoms with Gasteiger partial charge in [-0.2, -0.15) is 0 Å². The molecule has 3 N–H and O–H groups in total. The SMILES string of the molecule is O=P(O)(O)O.[B].[Ni]. The molecule has 7 heavy (non-hydrogen) atoms. The molecule has 0 atom stereocenters. The van der Waals surface area contributed by atoms with Gasteiger partial charge in [0.25, 0.3) is 0 Å². The first kappa shape index (κ1) is 15.6. The van der Waals surface area contributed by atoms with E-state index in [4.69, 9.17) is 19.2 Å². The van der Waals surface area contributed by atoms with Crippen LogP contribution >= 0.6 is 7.82 Å². The Labute approximate surface area is 52.7 Å². The van der Waals surface area contributed by atoms with Crippen LogP contribution < -0.4 is 0 Å². The van der Waals surface area contributed by atoms with Crippen LogP contribution in [0.5, 0.6) is 0 Å². The van der Waals surface area contributed by atoms with Crippen LogP contribution in [0.15, 0.2) is 0 Å². The molecule has 0 saturated heterocycles. The van der Waals surface area contributed by atoms with Gasteiger partial charge in [0, 0.05) is 24.9 Å². The minimum atomic E-state index is -4.64. The molecule has 0 aromatic heterocycles. The topological polar surface area (TPSA) is 77.8 Å². The molecule has 45 valence electrons. The Kier molecular flexibility index (Phi) is 10.8. The number of hydrogen-bond donors (Lipinski definition) is 3. The molecule has 0 saturated carbocycles. The molecule has 4 nitrogen and oxygen atoms in total. The Hall–Kier alpha value is 0.668. The van der Waals surface area contributed by atoms with Crippen molar-refractivity contribution in [3.63, 3.8) is 0 Å². The van der Waals surface area contributed by atoms with E-state index in [0.717, 1.165) is 0 Å². The largest absolute Gasteiger partial charge is 0.466 e. The monoisotopic (exact) mass is 167 g/mol. The zero-order chi connectivity index (χ0) is 4.50. The van der Waals surface area contributed by atoms with Crippen LogP contribution in [-0.2, 0) is 21.1 Å². The van der Waals surface area contributed by atoms with Gasteiger partial charge in [-0.3, -0.25) is 0 Å². The fraction of sp³-hybridized carbons (Fsp3) is 0. The third-order valence-corrected chi connectivity index (χ3v) is 0. The van der Waals surface area contributed by atoms with Gasteiger partial charge in [0.05, 0.1) is 0 Å². The number of rotatable bonds is 0. The molecule has 0 aromatic carbocycles. The maximum Gasteiger partial charge on any atom is 0.466 e. The van der Waals surface area contributed by atoms with Crippen molar-refractivity contribution in [3.05, 3.63) is 0 Å². The second-order valence-corrected chi connectivity index (χ2v) is 1.54. The van der Waals surface area contributed by atoms with Crippen molar-refractivity contribution in [2.24, 2.45) is 0 Å². The Morgan fingerprint density at radius 1 is 1.14 bits per heavy atom. The first-order valence-corrected chi connectivity index (χ1v) is 2.35. The third-order valence-electron chi connectivity index (χ3n) is 0. The standard InChI is InChI=1S/B.Ni.H3O4P/c;;1-5(2,3)4/h;;(H3,1,2,3,4). The molecule has 7 heteroatoms. The minimum Gasteiger partial charge on any atom is -0.303 e. The fourth-order valence-electron chi connectivity index (χ4n) is 0. The van der Waals surface area contributed by atoms with Gasteiger partial charge in [-0.15, -0.1) is 0 Å². The quantitative estimate of drug-likeness (QED) is 0.309. The summed E-state index contributed by atoms with van der Waals surface area (Å²) in [6, 6.07) is 0. The van der Waals surface area contributed by atoms with Gasteiger partial charge >= 0.3 is 7.82 Å². The Balaban J connectivity index is -0.0000000800. The Morgan fingerprint density at radius 2 is 1.14 bits per heavy atom. The van der Waals surface area contributed by atoms with Crippen LogP contribution in [0.25, 0.3) is 0 Å². The first-order chi connectivity index (χ1) is 2.00. The van der Waals surface area contributed by atoms with Crippen molar-refractivity contribution < 1.29 is 35.7 Å². The molecular formula is H3BNiO4P. The summed E-state index contributed by atoms with van der Waals surface area (Å²) in [5.41, 5.74) is 0. The van der Waals surface area contributed by atoms with E-state index < -0.39 is 7.82 Å². The Bertz CT molecular complexity index is 57.8. The van der Waals surface area contributed by atoms with Gasteiger partial charge in [0.2, 0.25) is 0 Å². The van der Waals surface area contributed by atoms with E-state index in [1.54, 1.807) is 0 Å². The van der Waals surface area contributed by atoms with Crippen LogP contribution in [0.4, 0.5) is 0 Å². The Morgan fingerprint density at radius 3 is 1.14 bits per heavy atom. The minimum absolute atomic E-state index is 0. The van der Waals surface area contributed by atoms with E-state index in [0.29, 0.717) is 0 Å². The summed E-state index contributed by atoms with van der Waals surface area (Å²) in [4.78, 5) is 21.6. The van der Waals surface area contributed by atoms with Gasteiger partial charge in [-0.05, 0) is 0 Å². The van der Waals surface area contributed by atoms with Gasteiger partial charge < -0.3 is 14.7 Å². The molecule has 3 radical (unpaired) electrons. The second kappa shape index (κ2) is 4.82. The van der Waals surface area contributed by atoms with Gasteiger partial charge in [-0.1, -0.05) is 0 Å². The van der Waals surface area contributed by atoms with Crippen LogP contribution in [0, 0.1) is 0 Å². The molecule has 0 rings (SSSR count). The van der Waals surface area contributed by atoms with Gasteiger partial charge in [0.15, 0.2) is 0 Å². The zero-order valence-corrected chi connectivity index (χ0v) is 4.97. The fourth-order valence-corrected chi connectivity index (χ4v) is 0. The smallest absolute Gasteiger partial charge is 0.303 e. The summed E-state index contributed by atoms with van der Waals surface area (Å²) < 4.78 is 8.88. The summed E-state index contributed by atoms with van der Waals surface area (Å²) in [6.07, 6.45) is 0. The average molecular weight is 167 g/mol. The van der Waals surface area contributed by atoms with E-state index >= 15 is 0 Å². The number of hydrogen-bond acceptors (Lipinski definition) is 1. The molecule has 0 aliphatic rings. The predicted molar refractivity (Wildman–Crippen MR) is 20.0 cm³/mol. The average Bonchev–Trinajstić information content (AvgIpc) is 0.722. The van der Waals surface area contributed by atoms with E-state index in [-0.39, 0.29) is 24.9 Å². The van der Waals surface area contributed by atoms with E-state index in [2.05, 4.69) is 0 Å². The van der Waals surface area contributed by atoms with E-state index in [1.807, 2.05) is 0 Å². The van der Waals surface area contributed by atoms with Gasteiger partial charge in [0.1, 0.15) is 0 Å². The molecule has 0 unspecified atom stereocenters. The zero-order valence-electron chi connectivity index (χ0n) is 3.09. The van der Waals surface area contributed by atoms with Crippen LogP contribution in [0.3, 0.4) is 0 Å². The van der Waals surface area contributed by atoms with Crippen molar-refractivity contribution >= 4 is 16.2 Å². The van der Waals surface area contributed by atoms with Crippen molar-refractivity contribution in [1.82, 2.24) is 0 Å². The van der Waals surface area contributed by atoms with Crippen molar-refractivity contribution in [3.8, 4) is 0 Å². The summed E-state index contributed by atoms with van der Waals surface area (Å²) in [7, 11) is -4.64. The van der Waals surface area contributed by atoms with Crippen LogP contribution in [0.2, 0.25) is 0 Å². The van der Waals surface area contributed by atoms with E-state index in [9.17, 15) is 0 Å². The normalized spacial score (nSPS) is 8.43. The molecule has 0 fully saturated rings. The molecule has 0 aliphatic carbocycles. The molecular weight excluding hydrogens is 164 g/mol. The van der Waals surface area contributed by atoms with Crippen LogP contribution in [0.1, 0.15) is 0 Å². The maximum absolute atomic E-state index is 8.88. The third kappa shape index (κ3) is 325. The second-order valence-electron chi connectivity index (χ2n) is 0.513. The van der Waals surface area contributed by atoms with Crippen molar-refractivity contribution in [2.75, 3.05) is 0 Å². The van der Waals surface area contributed by atoms with Crippen molar-refractivity contribution in [2.45, 2.75) is 0 Å². The molecule has 0 amide bonds. The van der Waals surface area contributed by atoms with E-state index in [1.165, 1.54) is 0 Å². The van der Waals surface area contributed by atoms with Gasteiger partial charge in [-0.25, -0.2) is 4.57 Å². The molecule has 0 spiro atoms. The maximum atomic E-state index is 8.88. The first-order valence-electron chi connectivity index (χ1n) is 0.783. The predicted octanol–water partition coefficient (Wildman–Crippen LogP) is -1.31. The summed E-state index contributed by atoms with van der Waals surface area (Å²) in [5, 5.41) is 0.